The Labute approximate surface area is 146 Å². The van der Waals surface area contributed by atoms with Gasteiger partial charge in [0.05, 0.1) is 6.54 Å². The lowest BCUT2D eigenvalue weighted by atomic mass is 9.94. The number of hydrogen-bond donors (Lipinski definition) is 0. The molecule has 6 heteroatoms. The number of fused-ring (bicyclic) bond motifs is 1. The summed E-state index contributed by atoms with van der Waals surface area (Å²) < 4.78 is 10.9. The van der Waals surface area contributed by atoms with Gasteiger partial charge >= 0.3 is 0 Å². The normalized spacial score (nSPS) is 22.2. The standard InChI is InChI=1S/C19H21N3O3/c23-9-8-22-12-15(14-2-4-17-18(11-14)25-13-24-17)10-16(22)3-5-19-20-6-1-7-21-19/h1-2,4,6-7,9,11,15-16H,3,5,8,10,12-13H2. The van der Waals surface area contributed by atoms with Crippen molar-refractivity contribution in [1.29, 1.82) is 0 Å². The molecule has 0 spiro atoms. The third-order valence-corrected chi connectivity index (χ3v) is 5.03. The molecule has 1 aromatic carbocycles. The number of carbonyl (C=O) groups is 1. The van der Waals surface area contributed by atoms with E-state index in [1.54, 1.807) is 12.4 Å². The third-order valence-electron chi connectivity index (χ3n) is 5.03. The zero-order valence-corrected chi connectivity index (χ0v) is 14.0. The number of benzene rings is 1. The molecular formula is C19H21N3O3. The molecule has 4 rings (SSSR count). The molecule has 1 aromatic heterocycles. The number of hydrogen-bond acceptors (Lipinski definition) is 6. The fourth-order valence-electron chi connectivity index (χ4n) is 3.77. The van der Waals surface area contributed by atoms with Gasteiger partial charge in [0.25, 0.3) is 0 Å². The molecule has 0 N–H and O–H groups in total. The Morgan fingerprint density at radius 3 is 2.88 bits per heavy atom. The first-order valence-electron chi connectivity index (χ1n) is 8.66. The minimum absolute atomic E-state index is 0.292. The number of nitrogens with zero attached hydrogens (tertiary/aromatic N) is 3. The van der Waals surface area contributed by atoms with Gasteiger partial charge in [-0.1, -0.05) is 6.07 Å². The van der Waals surface area contributed by atoms with Gasteiger partial charge in [-0.05, 0) is 42.5 Å². The van der Waals surface area contributed by atoms with E-state index in [0.717, 1.165) is 49.4 Å². The second kappa shape index (κ2) is 7.19. The van der Waals surface area contributed by atoms with Crippen LogP contribution in [0.25, 0.3) is 0 Å². The average Bonchev–Trinajstić information content (AvgIpc) is 3.27. The summed E-state index contributed by atoms with van der Waals surface area (Å²) in [7, 11) is 0. The van der Waals surface area contributed by atoms with Crippen molar-refractivity contribution in [2.75, 3.05) is 19.9 Å². The summed E-state index contributed by atoms with van der Waals surface area (Å²) in [6.07, 6.45) is 7.35. The van der Waals surface area contributed by atoms with Gasteiger partial charge in [0.1, 0.15) is 12.1 Å². The number of rotatable bonds is 6. The number of carbonyl (C=O) groups excluding carboxylic acids is 1. The van der Waals surface area contributed by atoms with Crippen molar-refractivity contribution in [2.24, 2.45) is 0 Å². The predicted molar refractivity (Wildman–Crippen MR) is 91.7 cm³/mol. The third kappa shape index (κ3) is 3.49. The van der Waals surface area contributed by atoms with E-state index in [9.17, 15) is 4.79 Å². The molecule has 0 amide bonds. The van der Waals surface area contributed by atoms with Gasteiger partial charge in [-0.25, -0.2) is 9.97 Å². The molecule has 0 aliphatic carbocycles. The van der Waals surface area contributed by atoms with Crippen molar-refractivity contribution in [3.05, 3.63) is 48.0 Å². The number of aromatic nitrogens is 2. The van der Waals surface area contributed by atoms with Crippen LogP contribution in [0.2, 0.25) is 0 Å². The highest BCUT2D eigenvalue weighted by Crippen LogP contribution is 2.39. The molecule has 2 aliphatic heterocycles. The lowest BCUT2D eigenvalue weighted by molar-refractivity contribution is -0.109. The number of ether oxygens (including phenoxy) is 2. The van der Waals surface area contributed by atoms with Gasteiger partial charge < -0.3 is 14.3 Å². The lowest BCUT2D eigenvalue weighted by Crippen LogP contribution is -2.31. The fourth-order valence-corrected chi connectivity index (χ4v) is 3.77. The largest absolute Gasteiger partial charge is 0.454 e. The van der Waals surface area contributed by atoms with Gasteiger partial charge in [0.15, 0.2) is 11.5 Å². The summed E-state index contributed by atoms with van der Waals surface area (Å²) >= 11 is 0. The molecule has 2 aliphatic rings. The summed E-state index contributed by atoms with van der Waals surface area (Å²) in [5, 5.41) is 0. The summed E-state index contributed by atoms with van der Waals surface area (Å²) in [4.78, 5) is 21.9. The minimum atomic E-state index is 0.292. The second-order valence-corrected chi connectivity index (χ2v) is 6.52. The van der Waals surface area contributed by atoms with Gasteiger partial charge in [-0.15, -0.1) is 0 Å². The van der Waals surface area contributed by atoms with Crippen LogP contribution >= 0.6 is 0 Å². The zero-order valence-electron chi connectivity index (χ0n) is 14.0. The van der Waals surface area contributed by atoms with E-state index in [2.05, 4.69) is 27.0 Å². The van der Waals surface area contributed by atoms with Crippen LogP contribution in [-0.2, 0) is 11.2 Å². The van der Waals surface area contributed by atoms with Crippen molar-refractivity contribution in [1.82, 2.24) is 14.9 Å². The SMILES string of the molecule is O=CCN1CC(c2ccc3c(c2)OCO3)CC1CCc1ncccn1. The van der Waals surface area contributed by atoms with Crippen LogP contribution in [0.3, 0.4) is 0 Å². The summed E-state index contributed by atoms with van der Waals surface area (Å²) in [6.45, 7) is 1.65. The van der Waals surface area contributed by atoms with E-state index in [0.29, 0.717) is 25.3 Å². The molecule has 25 heavy (non-hydrogen) atoms. The summed E-state index contributed by atoms with van der Waals surface area (Å²) in [5.74, 6) is 2.89. The average molecular weight is 339 g/mol. The molecule has 1 saturated heterocycles. The van der Waals surface area contributed by atoms with Crippen LogP contribution in [0.4, 0.5) is 0 Å². The van der Waals surface area contributed by atoms with E-state index in [1.807, 2.05) is 12.1 Å². The van der Waals surface area contributed by atoms with E-state index in [1.165, 1.54) is 5.56 Å². The molecule has 2 atom stereocenters. The lowest BCUT2D eigenvalue weighted by Gasteiger charge is -2.21. The Hall–Kier alpha value is -2.47. The zero-order chi connectivity index (χ0) is 17.1. The van der Waals surface area contributed by atoms with Gasteiger partial charge in [-0.2, -0.15) is 0 Å². The smallest absolute Gasteiger partial charge is 0.231 e. The fraction of sp³-hybridized carbons (Fsp3) is 0.421. The molecule has 0 saturated carbocycles. The van der Waals surface area contributed by atoms with E-state index < -0.39 is 0 Å². The molecule has 6 nitrogen and oxygen atoms in total. The Morgan fingerprint density at radius 1 is 1.20 bits per heavy atom. The Balaban J connectivity index is 1.45. The minimum Gasteiger partial charge on any atom is -0.454 e. The van der Waals surface area contributed by atoms with Crippen molar-refractivity contribution in [2.45, 2.75) is 31.2 Å². The molecule has 0 radical (unpaired) electrons. The Bertz CT molecular complexity index is 738. The summed E-state index contributed by atoms with van der Waals surface area (Å²) in [5.41, 5.74) is 1.25. The predicted octanol–water partition coefficient (Wildman–Crippen LogP) is 2.19. The van der Waals surface area contributed by atoms with Crippen LogP contribution in [0.1, 0.15) is 30.1 Å². The van der Waals surface area contributed by atoms with Crippen molar-refractivity contribution >= 4 is 6.29 Å². The van der Waals surface area contributed by atoms with Crippen LogP contribution in [0.5, 0.6) is 11.5 Å². The molecule has 3 heterocycles. The number of aldehydes is 1. The quantitative estimate of drug-likeness (QED) is 0.752. The molecule has 130 valence electrons. The Kier molecular flexibility index (Phi) is 4.61. The second-order valence-electron chi connectivity index (χ2n) is 6.52. The topological polar surface area (TPSA) is 64.6 Å². The van der Waals surface area contributed by atoms with E-state index >= 15 is 0 Å². The highest BCUT2D eigenvalue weighted by Gasteiger charge is 2.33. The van der Waals surface area contributed by atoms with Gasteiger partial charge in [0, 0.05) is 31.4 Å². The molecule has 1 fully saturated rings. The summed E-state index contributed by atoms with van der Waals surface area (Å²) in [6, 6.07) is 8.36. The van der Waals surface area contributed by atoms with E-state index in [-0.39, 0.29) is 0 Å². The first-order valence-corrected chi connectivity index (χ1v) is 8.66. The first-order chi connectivity index (χ1) is 12.3. The number of likely N-dealkylation sites (tertiary alicyclic amines) is 1. The van der Waals surface area contributed by atoms with Crippen LogP contribution in [0, 0.1) is 0 Å². The van der Waals surface area contributed by atoms with E-state index in [4.69, 9.17) is 9.47 Å². The van der Waals surface area contributed by atoms with Gasteiger partial charge in [0.2, 0.25) is 6.79 Å². The maximum Gasteiger partial charge on any atom is 0.231 e. The highest BCUT2D eigenvalue weighted by atomic mass is 16.7. The number of aryl methyl sites for hydroxylation is 1. The molecule has 2 unspecified atom stereocenters. The monoisotopic (exact) mass is 339 g/mol. The Morgan fingerprint density at radius 2 is 2.04 bits per heavy atom. The van der Waals surface area contributed by atoms with Gasteiger partial charge in [-0.3, -0.25) is 4.90 Å². The van der Waals surface area contributed by atoms with Crippen LogP contribution in [0.15, 0.2) is 36.7 Å². The maximum atomic E-state index is 11.1. The molecule has 0 bridgehead atoms. The van der Waals surface area contributed by atoms with Crippen molar-refractivity contribution < 1.29 is 14.3 Å². The highest BCUT2D eigenvalue weighted by molar-refractivity contribution is 5.52. The van der Waals surface area contributed by atoms with Crippen LogP contribution in [-0.4, -0.2) is 47.1 Å². The molecular weight excluding hydrogens is 318 g/mol. The van der Waals surface area contributed by atoms with Crippen LogP contribution < -0.4 is 9.47 Å². The van der Waals surface area contributed by atoms with Crippen molar-refractivity contribution in [3.8, 4) is 11.5 Å². The van der Waals surface area contributed by atoms with Crippen molar-refractivity contribution in [3.63, 3.8) is 0 Å². The molecule has 2 aromatic rings. The maximum absolute atomic E-state index is 11.1. The first kappa shape index (κ1) is 16.0.